The quantitative estimate of drug-likeness (QED) is 0.680. The Kier molecular flexibility index (Phi) is 2.53. The molecule has 1 aliphatic rings. The SMILES string of the molecule is CCc1cnc(CN2CCC(=O)C2=O)o1. The number of aromatic nitrogens is 1. The third-order valence-corrected chi connectivity index (χ3v) is 2.41. The molecule has 2 rings (SSSR count). The topological polar surface area (TPSA) is 63.4 Å². The van der Waals surface area contributed by atoms with E-state index in [9.17, 15) is 9.59 Å². The molecule has 1 saturated heterocycles. The minimum atomic E-state index is -0.425. The molecule has 2 heterocycles. The number of carbonyl (C=O) groups excluding carboxylic acids is 2. The highest BCUT2D eigenvalue weighted by Gasteiger charge is 2.29. The normalized spacial score (nSPS) is 16.5. The van der Waals surface area contributed by atoms with Crippen LogP contribution in [0.25, 0.3) is 0 Å². The summed E-state index contributed by atoms with van der Waals surface area (Å²) in [6.07, 6.45) is 2.73. The van der Waals surface area contributed by atoms with Crippen molar-refractivity contribution in [3.05, 3.63) is 17.8 Å². The molecular weight excluding hydrogens is 196 g/mol. The molecule has 1 aliphatic heterocycles. The molecule has 0 atom stereocenters. The van der Waals surface area contributed by atoms with Crippen molar-refractivity contribution >= 4 is 11.7 Å². The van der Waals surface area contributed by atoms with Crippen LogP contribution in [0.1, 0.15) is 25.0 Å². The molecule has 1 fully saturated rings. The van der Waals surface area contributed by atoms with Gasteiger partial charge in [0, 0.05) is 19.4 Å². The second-order valence-corrected chi connectivity index (χ2v) is 3.47. The van der Waals surface area contributed by atoms with Crippen LogP contribution in [0.5, 0.6) is 0 Å². The standard InChI is InChI=1S/C10H12N2O3/c1-2-7-5-11-9(15-7)6-12-4-3-8(13)10(12)14/h5H,2-4,6H2,1H3. The molecule has 80 valence electrons. The number of rotatable bonds is 3. The van der Waals surface area contributed by atoms with Gasteiger partial charge in [0.2, 0.25) is 11.7 Å². The van der Waals surface area contributed by atoms with Crippen LogP contribution in [0.4, 0.5) is 0 Å². The number of oxazole rings is 1. The molecule has 0 saturated carbocycles. The maximum atomic E-state index is 11.3. The number of nitrogens with zero attached hydrogens (tertiary/aromatic N) is 2. The molecule has 0 spiro atoms. The van der Waals surface area contributed by atoms with Gasteiger partial charge in [-0.25, -0.2) is 4.98 Å². The third-order valence-electron chi connectivity index (χ3n) is 2.41. The first-order valence-electron chi connectivity index (χ1n) is 4.96. The van der Waals surface area contributed by atoms with Crippen LogP contribution in [-0.4, -0.2) is 28.1 Å². The van der Waals surface area contributed by atoms with Gasteiger partial charge >= 0.3 is 0 Å². The molecule has 15 heavy (non-hydrogen) atoms. The Morgan fingerprint density at radius 3 is 2.87 bits per heavy atom. The van der Waals surface area contributed by atoms with Crippen molar-refractivity contribution in [2.75, 3.05) is 6.54 Å². The first kappa shape index (κ1) is 9.89. The van der Waals surface area contributed by atoms with Gasteiger partial charge in [-0.1, -0.05) is 6.92 Å². The molecule has 0 bridgehead atoms. The Hall–Kier alpha value is -1.65. The van der Waals surface area contributed by atoms with Crippen molar-refractivity contribution in [1.82, 2.24) is 9.88 Å². The zero-order valence-electron chi connectivity index (χ0n) is 8.52. The maximum absolute atomic E-state index is 11.3. The zero-order valence-corrected chi connectivity index (χ0v) is 8.52. The van der Waals surface area contributed by atoms with E-state index in [4.69, 9.17) is 4.42 Å². The second kappa shape index (κ2) is 3.84. The molecular formula is C10H12N2O3. The van der Waals surface area contributed by atoms with Crippen LogP contribution in [0, 0.1) is 0 Å². The fourth-order valence-electron chi connectivity index (χ4n) is 1.52. The van der Waals surface area contributed by atoms with Crippen LogP contribution in [0.15, 0.2) is 10.6 Å². The summed E-state index contributed by atoms with van der Waals surface area (Å²) in [6, 6.07) is 0. The number of aryl methyl sites for hydroxylation is 1. The van der Waals surface area contributed by atoms with Crippen LogP contribution in [0.3, 0.4) is 0 Å². The Bertz CT molecular complexity index is 397. The van der Waals surface area contributed by atoms with Gasteiger partial charge < -0.3 is 9.32 Å². The largest absolute Gasteiger partial charge is 0.444 e. The van der Waals surface area contributed by atoms with Gasteiger partial charge in [0.25, 0.3) is 5.91 Å². The lowest BCUT2D eigenvalue weighted by Gasteiger charge is -2.10. The number of amides is 1. The van der Waals surface area contributed by atoms with Gasteiger partial charge in [0.1, 0.15) is 5.76 Å². The summed E-state index contributed by atoms with van der Waals surface area (Å²) < 4.78 is 5.36. The molecule has 0 N–H and O–H groups in total. The van der Waals surface area contributed by atoms with E-state index in [0.29, 0.717) is 25.4 Å². The fourth-order valence-corrected chi connectivity index (χ4v) is 1.52. The lowest BCUT2D eigenvalue weighted by atomic mass is 10.3. The first-order chi connectivity index (χ1) is 7.20. The Labute approximate surface area is 87.1 Å². The molecule has 1 aromatic heterocycles. The van der Waals surface area contributed by atoms with Crippen molar-refractivity contribution < 1.29 is 14.0 Å². The fraction of sp³-hybridized carbons (Fsp3) is 0.500. The minimum absolute atomic E-state index is 0.296. The van der Waals surface area contributed by atoms with Crippen LogP contribution < -0.4 is 0 Å². The molecule has 1 amide bonds. The number of likely N-dealkylation sites (tertiary alicyclic amines) is 1. The van der Waals surface area contributed by atoms with Gasteiger partial charge in [-0.05, 0) is 0 Å². The van der Waals surface area contributed by atoms with E-state index in [1.807, 2.05) is 6.92 Å². The average Bonchev–Trinajstić information content (AvgIpc) is 2.80. The molecule has 0 radical (unpaired) electrons. The second-order valence-electron chi connectivity index (χ2n) is 3.47. The van der Waals surface area contributed by atoms with Crippen molar-refractivity contribution in [2.45, 2.75) is 26.3 Å². The van der Waals surface area contributed by atoms with E-state index in [2.05, 4.69) is 4.98 Å². The number of hydrogen-bond acceptors (Lipinski definition) is 4. The Balaban J connectivity index is 2.03. The van der Waals surface area contributed by atoms with Crippen molar-refractivity contribution in [1.29, 1.82) is 0 Å². The predicted molar refractivity (Wildman–Crippen MR) is 50.9 cm³/mol. The summed E-state index contributed by atoms with van der Waals surface area (Å²) in [5, 5.41) is 0. The number of Topliss-reactive ketones (excluding diaryl/α,β-unsaturated/α-hetero) is 1. The van der Waals surface area contributed by atoms with Crippen LogP contribution in [0.2, 0.25) is 0 Å². The highest BCUT2D eigenvalue weighted by atomic mass is 16.4. The molecule has 1 aromatic rings. The van der Waals surface area contributed by atoms with Gasteiger partial charge in [0.15, 0.2) is 0 Å². The highest BCUT2D eigenvalue weighted by Crippen LogP contribution is 2.12. The van der Waals surface area contributed by atoms with Gasteiger partial charge in [-0.2, -0.15) is 0 Å². The maximum Gasteiger partial charge on any atom is 0.290 e. The summed E-state index contributed by atoms with van der Waals surface area (Å²) in [5.74, 6) is 0.543. The number of ketones is 1. The van der Waals surface area contributed by atoms with Gasteiger partial charge in [0.05, 0.1) is 12.7 Å². The van der Waals surface area contributed by atoms with E-state index < -0.39 is 5.91 Å². The molecule has 5 nitrogen and oxygen atoms in total. The third kappa shape index (κ3) is 1.91. The molecule has 0 aliphatic carbocycles. The lowest BCUT2D eigenvalue weighted by Crippen LogP contribution is -2.26. The van der Waals surface area contributed by atoms with Gasteiger partial charge in [-0.15, -0.1) is 0 Å². The van der Waals surface area contributed by atoms with Crippen molar-refractivity contribution in [3.63, 3.8) is 0 Å². The monoisotopic (exact) mass is 208 g/mol. The first-order valence-corrected chi connectivity index (χ1v) is 4.96. The number of hydrogen-bond donors (Lipinski definition) is 0. The van der Waals surface area contributed by atoms with E-state index in [1.165, 1.54) is 4.90 Å². The summed E-state index contributed by atoms with van der Waals surface area (Å²) in [6.45, 7) is 2.74. The summed E-state index contributed by atoms with van der Waals surface area (Å²) in [5.41, 5.74) is 0. The van der Waals surface area contributed by atoms with E-state index in [1.54, 1.807) is 6.20 Å². The van der Waals surface area contributed by atoms with E-state index >= 15 is 0 Å². The summed E-state index contributed by atoms with van der Waals surface area (Å²) in [4.78, 5) is 27.8. The Morgan fingerprint density at radius 2 is 2.33 bits per heavy atom. The minimum Gasteiger partial charge on any atom is -0.444 e. The molecule has 0 aromatic carbocycles. The van der Waals surface area contributed by atoms with Gasteiger partial charge in [-0.3, -0.25) is 9.59 Å². The zero-order chi connectivity index (χ0) is 10.8. The predicted octanol–water partition coefficient (Wildman–Crippen LogP) is 0.538. The van der Waals surface area contributed by atoms with E-state index in [-0.39, 0.29) is 5.78 Å². The van der Waals surface area contributed by atoms with Crippen LogP contribution >= 0.6 is 0 Å². The summed E-state index contributed by atoms with van der Waals surface area (Å²) in [7, 11) is 0. The number of carbonyl (C=O) groups is 2. The summed E-state index contributed by atoms with van der Waals surface area (Å²) >= 11 is 0. The molecule has 5 heteroatoms. The lowest BCUT2D eigenvalue weighted by molar-refractivity contribution is -0.140. The molecule has 0 unspecified atom stereocenters. The van der Waals surface area contributed by atoms with Crippen molar-refractivity contribution in [3.8, 4) is 0 Å². The van der Waals surface area contributed by atoms with Crippen LogP contribution in [-0.2, 0) is 22.6 Å². The van der Waals surface area contributed by atoms with E-state index in [0.717, 1.165) is 12.2 Å². The highest BCUT2D eigenvalue weighted by molar-refractivity contribution is 6.37. The smallest absolute Gasteiger partial charge is 0.290 e. The average molecular weight is 208 g/mol. The van der Waals surface area contributed by atoms with Crippen molar-refractivity contribution in [2.24, 2.45) is 0 Å². The Morgan fingerprint density at radius 1 is 1.53 bits per heavy atom.